The summed E-state index contributed by atoms with van der Waals surface area (Å²) < 4.78 is 0. The van der Waals surface area contributed by atoms with E-state index in [4.69, 9.17) is 0 Å². The van der Waals surface area contributed by atoms with Crippen LogP contribution in [0.5, 0.6) is 0 Å². The van der Waals surface area contributed by atoms with Crippen molar-refractivity contribution in [1.29, 1.82) is 0 Å². The summed E-state index contributed by atoms with van der Waals surface area (Å²) in [5, 5.41) is 3.09. The molecule has 0 saturated heterocycles. The molecule has 0 spiro atoms. The Kier molecular flexibility index (Phi) is 9.25. The van der Waals surface area contributed by atoms with E-state index in [0.29, 0.717) is 25.8 Å². The van der Waals surface area contributed by atoms with Crippen molar-refractivity contribution in [3.8, 4) is 0 Å². The van der Waals surface area contributed by atoms with Crippen LogP contribution in [0.15, 0.2) is 91.0 Å². The minimum Gasteiger partial charge on any atom is -0.350 e. The van der Waals surface area contributed by atoms with Crippen LogP contribution < -0.4 is 5.32 Å². The molecule has 35 heavy (non-hydrogen) atoms. The van der Waals surface area contributed by atoms with E-state index in [-0.39, 0.29) is 23.3 Å². The molecule has 0 heterocycles. The van der Waals surface area contributed by atoms with E-state index in [1.807, 2.05) is 82.3 Å². The summed E-state index contributed by atoms with van der Waals surface area (Å²) >= 11 is 0. The summed E-state index contributed by atoms with van der Waals surface area (Å²) in [7, 11) is 0. The highest BCUT2D eigenvalue weighted by molar-refractivity contribution is 5.88. The van der Waals surface area contributed by atoms with Crippen molar-refractivity contribution in [2.75, 3.05) is 6.54 Å². The van der Waals surface area contributed by atoms with Gasteiger partial charge in [-0.05, 0) is 50.3 Å². The number of hydrogen-bond donors (Lipinski definition) is 1. The van der Waals surface area contributed by atoms with E-state index in [9.17, 15) is 9.59 Å². The van der Waals surface area contributed by atoms with Crippen LogP contribution in [0.2, 0.25) is 0 Å². The molecule has 184 valence electrons. The minimum atomic E-state index is -0.516. The summed E-state index contributed by atoms with van der Waals surface area (Å²) in [6, 6.07) is 29.9. The van der Waals surface area contributed by atoms with Crippen LogP contribution >= 0.6 is 0 Å². The highest BCUT2D eigenvalue weighted by Crippen LogP contribution is 2.29. The minimum absolute atomic E-state index is 0.00505. The molecule has 3 rings (SSSR count). The van der Waals surface area contributed by atoms with Crippen molar-refractivity contribution in [1.82, 2.24) is 10.2 Å². The lowest BCUT2D eigenvalue weighted by Gasteiger charge is -2.34. The third-order valence-corrected chi connectivity index (χ3v) is 6.15. The van der Waals surface area contributed by atoms with E-state index in [1.165, 1.54) is 0 Å². The molecule has 1 N–H and O–H groups in total. The lowest BCUT2D eigenvalue weighted by molar-refractivity contribution is -0.141. The number of carbonyl (C=O) groups excluding carboxylic acids is 2. The summed E-state index contributed by atoms with van der Waals surface area (Å²) in [5.41, 5.74) is 2.98. The Morgan fingerprint density at radius 1 is 0.800 bits per heavy atom. The molecule has 0 aliphatic carbocycles. The van der Waals surface area contributed by atoms with Gasteiger partial charge in [0.1, 0.15) is 6.04 Å². The molecule has 4 heteroatoms. The molecule has 0 radical (unpaired) electrons. The lowest BCUT2D eigenvalue weighted by atomic mass is 9.88. The van der Waals surface area contributed by atoms with Gasteiger partial charge in [0, 0.05) is 24.4 Å². The topological polar surface area (TPSA) is 49.4 Å². The summed E-state index contributed by atoms with van der Waals surface area (Å²) in [4.78, 5) is 29.0. The zero-order valence-corrected chi connectivity index (χ0v) is 21.4. The molecule has 0 aromatic heterocycles. The van der Waals surface area contributed by atoms with Crippen molar-refractivity contribution in [3.05, 3.63) is 108 Å². The zero-order valence-electron chi connectivity index (χ0n) is 21.4. The number of rotatable bonds is 10. The number of amides is 2. The molecule has 0 aliphatic heterocycles. The predicted octanol–water partition coefficient (Wildman–Crippen LogP) is 5.97. The Morgan fingerprint density at radius 2 is 1.29 bits per heavy atom. The molecule has 0 aliphatic rings. The molecule has 3 aromatic rings. The van der Waals surface area contributed by atoms with Gasteiger partial charge >= 0.3 is 0 Å². The van der Waals surface area contributed by atoms with Crippen LogP contribution in [0, 0.1) is 0 Å². The first-order chi connectivity index (χ1) is 16.8. The van der Waals surface area contributed by atoms with Crippen LogP contribution in [-0.2, 0) is 16.0 Å². The van der Waals surface area contributed by atoms with Gasteiger partial charge in [-0.2, -0.15) is 0 Å². The Hall–Kier alpha value is -3.40. The van der Waals surface area contributed by atoms with E-state index in [2.05, 4.69) is 41.7 Å². The largest absolute Gasteiger partial charge is 0.350 e. The first-order valence-corrected chi connectivity index (χ1v) is 12.5. The number of benzene rings is 3. The molecule has 0 bridgehead atoms. The third kappa shape index (κ3) is 7.81. The van der Waals surface area contributed by atoms with Crippen LogP contribution in [0.25, 0.3) is 0 Å². The highest BCUT2D eigenvalue weighted by Gasteiger charge is 2.32. The van der Waals surface area contributed by atoms with E-state index in [1.54, 1.807) is 4.90 Å². The molecule has 0 fully saturated rings. The number of nitrogens with one attached hydrogen (secondary N) is 1. The van der Waals surface area contributed by atoms with Gasteiger partial charge in [-0.15, -0.1) is 0 Å². The fraction of sp³-hybridized carbons (Fsp3) is 0.355. The van der Waals surface area contributed by atoms with E-state index < -0.39 is 6.04 Å². The predicted molar refractivity (Wildman–Crippen MR) is 143 cm³/mol. The average molecular weight is 471 g/mol. The smallest absolute Gasteiger partial charge is 0.243 e. The van der Waals surface area contributed by atoms with Gasteiger partial charge in [0.05, 0.1) is 0 Å². The van der Waals surface area contributed by atoms with Gasteiger partial charge in [0.2, 0.25) is 11.8 Å². The SMILES string of the molecule is CCC(C(=O)NC(C)(C)C)N(CCc1ccccc1)C(=O)CC(c1ccccc1)c1ccccc1. The molecular weight excluding hydrogens is 432 g/mol. The molecule has 2 amide bonds. The van der Waals surface area contributed by atoms with Crippen LogP contribution in [0.3, 0.4) is 0 Å². The fourth-order valence-electron chi connectivity index (χ4n) is 4.44. The van der Waals surface area contributed by atoms with Crippen LogP contribution in [-0.4, -0.2) is 34.8 Å². The second kappa shape index (κ2) is 12.3. The van der Waals surface area contributed by atoms with Gasteiger partial charge in [0.15, 0.2) is 0 Å². The summed E-state index contributed by atoms with van der Waals surface area (Å²) in [6.07, 6.45) is 1.57. The molecule has 0 saturated carbocycles. The zero-order chi connectivity index (χ0) is 25.3. The quantitative estimate of drug-likeness (QED) is 0.397. The van der Waals surface area contributed by atoms with Gasteiger partial charge in [-0.25, -0.2) is 0 Å². The van der Waals surface area contributed by atoms with Crippen LogP contribution in [0.1, 0.15) is 63.1 Å². The van der Waals surface area contributed by atoms with E-state index >= 15 is 0 Å². The Bertz CT molecular complexity index is 1020. The lowest BCUT2D eigenvalue weighted by Crippen LogP contribution is -2.54. The second-order valence-corrected chi connectivity index (χ2v) is 10.1. The second-order valence-electron chi connectivity index (χ2n) is 10.1. The summed E-state index contributed by atoms with van der Waals surface area (Å²) in [6.45, 7) is 8.37. The van der Waals surface area contributed by atoms with Crippen molar-refractivity contribution in [2.45, 2.75) is 64.5 Å². The van der Waals surface area contributed by atoms with Crippen molar-refractivity contribution in [2.24, 2.45) is 0 Å². The van der Waals surface area contributed by atoms with Crippen molar-refractivity contribution in [3.63, 3.8) is 0 Å². The Labute approximate surface area is 210 Å². The van der Waals surface area contributed by atoms with Gasteiger partial charge in [-0.1, -0.05) is 97.9 Å². The van der Waals surface area contributed by atoms with Crippen LogP contribution in [0.4, 0.5) is 0 Å². The maximum Gasteiger partial charge on any atom is 0.243 e. The molecular formula is C31H38N2O2. The highest BCUT2D eigenvalue weighted by atomic mass is 16.2. The molecule has 4 nitrogen and oxygen atoms in total. The number of nitrogens with zero attached hydrogens (tertiary/aromatic N) is 1. The Morgan fingerprint density at radius 3 is 1.74 bits per heavy atom. The maximum atomic E-state index is 13.9. The molecule has 1 atom stereocenters. The Balaban J connectivity index is 1.90. The van der Waals surface area contributed by atoms with Gasteiger partial charge < -0.3 is 10.2 Å². The number of carbonyl (C=O) groups is 2. The third-order valence-electron chi connectivity index (χ3n) is 6.15. The van der Waals surface area contributed by atoms with Crippen molar-refractivity contribution >= 4 is 11.8 Å². The normalized spacial score (nSPS) is 12.3. The van der Waals surface area contributed by atoms with Gasteiger partial charge in [-0.3, -0.25) is 9.59 Å². The first kappa shape index (κ1) is 26.2. The fourth-order valence-corrected chi connectivity index (χ4v) is 4.44. The maximum absolute atomic E-state index is 13.9. The summed E-state index contributed by atoms with van der Waals surface area (Å²) in [5.74, 6) is -0.181. The van der Waals surface area contributed by atoms with Crippen molar-refractivity contribution < 1.29 is 9.59 Å². The first-order valence-electron chi connectivity index (χ1n) is 12.5. The monoisotopic (exact) mass is 470 g/mol. The number of hydrogen-bond acceptors (Lipinski definition) is 2. The standard InChI is InChI=1S/C31H38N2O2/c1-5-28(30(35)32-31(2,3)4)33(22-21-24-15-9-6-10-16-24)29(34)23-27(25-17-11-7-12-18-25)26-19-13-8-14-20-26/h6-20,27-28H,5,21-23H2,1-4H3,(H,32,35). The molecule has 1 unspecified atom stereocenters. The van der Waals surface area contributed by atoms with Gasteiger partial charge in [0.25, 0.3) is 0 Å². The van der Waals surface area contributed by atoms with E-state index in [0.717, 1.165) is 16.7 Å². The average Bonchev–Trinajstić information content (AvgIpc) is 2.85. The molecule has 3 aromatic carbocycles.